The molecule has 27 heavy (non-hydrogen) atoms. The number of fused-ring (bicyclic) bond motifs is 1. The normalized spacial score (nSPS) is 18.4. The first-order chi connectivity index (χ1) is 13.1. The van der Waals surface area contributed by atoms with Crippen LogP contribution in [-0.2, 0) is 24.2 Å². The minimum Gasteiger partial charge on any atom is -0.361 e. The van der Waals surface area contributed by atoms with Crippen LogP contribution in [0.4, 0.5) is 0 Å². The molecule has 2 aliphatic rings. The Morgan fingerprint density at radius 1 is 1.11 bits per heavy atom. The predicted octanol–water partition coefficient (Wildman–Crippen LogP) is 2.95. The lowest BCUT2D eigenvalue weighted by Gasteiger charge is -2.32. The number of aryl methyl sites for hydroxylation is 3. The second-order valence-corrected chi connectivity index (χ2v) is 7.89. The fourth-order valence-electron chi connectivity index (χ4n) is 4.45. The Bertz CT molecular complexity index is 782. The average molecular weight is 371 g/mol. The summed E-state index contributed by atoms with van der Waals surface area (Å²) in [5.41, 5.74) is 1.97. The van der Waals surface area contributed by atoms with Crippen molar-refractivity contribution in [2.75, 3.05) is 13.1 Å². The van der Waals surface area contributed by atoms with E-state index in [1.54, 1.807) is 0 Å². The summed E-state index contributed by atoms with van der Waals surface area (Å²) in [5.74, 6) is 3.78. The van der Waals surface area contributed by atoms with Crippen LogP contribution >= 0.6 is 0 Å². The standard InChI is InChI=1S/C20H29N5O2/c1-14-17(15(2)27-23-14)7-8-19(26)24-12-9-16(10-13-24)20-22-21-18-6-4-3-5-11-25(18)20/h16H,3-13H2,1-2H3. The molecule has 0 unspecified atom stereocenters. The zero-order valence-electron chi connectivity index (χ0n) is 16.4. The van der Waals surface area contributed by atoms with Gasteiger partial charge in [-0.2, -0.15) is 0 Å². The van der Waals surface area contributed by atoms with Gasteiger partial charge >= 0.3 is 0 Å². The highest BCUT2D eigenvalue weighted by atomic mass is 16.5. The number of carbonyl (C=O) groups is 1. The molecule has 2 aliphatic heterocycles. The van der Waals surface area contributed by atoms with E-state index in [0.717, 1.165) is 67.6 Å². The third kappa shape index (κ3) is 3.77. The van der Waals surface area contributed by atoms with Gasteiger partial charge in [-0.3, -0.25) is 4.79 Å². The van der Waals surface area contributed by atoms with E-state index in [0.29, 0.717) is 18.8 Å². The van der Waals surface area contributed by atoms with Gasteiger partial charge in [0.05, 0.1) is 5.69 Å². The first kappa shape index (κ1) is 18.2. The van der Waals surface area contributed by atoms with Crippen molar-refractivity contribution >= 4 is 5.91 Å². The zero-order chi connectivity index (χ0) is 18.8. The van der Waals surface area contributed by atoms with Crippen molar-refractivity contribution in [3.05, 3.63) is 28.7 Å². The van der Waals surface area contributed by atoms with Crippen LogP contribution in [0.1, 0.15) is 73.1 Å². The van der Waals surface area contributed by atoms with Crippen LogP contribution in [0.3, 0.4) is 0 Å². The molecular formula is C20H29N5O2. The Morgan fingerprint density at radius 2 is 1.93 bits per heavy atom. The summed E-state index contributed by atoms with van der Waals surface area (Å²) >= 11 is 0. The van der Waals surface area contributed by atoms with Crippen molar-refractivity contribution in [3.63, 3.8) is 0 Å². The number of nitrogens with zero attached hydrogens (tertiary/aromatic N) is 5. The molecule has 1 amide bonds. The van der Waals surface area contributed by atoms with Crippen LogP contribution in [0.25, 0.3) is 0 Å². The number of piperidine rings is 1. The lowest BCUT2D eigenvalue weighted by atomic mass is 9.95. The lowest BCUT2D eigenvalue weighted by Crippen LogP contribution is -2.38. The molecule has 0 radical (unpaired) electrons. The van der Waals surface area contributed by atoms with E-state index in [9.17, 15) is 4.79 Å². The minimum atomic E-state index is 0.230. The Labute approximate surface area is 160 Å². The van der Waals surface area contributed by atoms with Gasteiger partial charge in [0.15, 0.2) is 0 Å². The quantitative estimate of drug-likeness (QED) is 0.826. The number of carbonyl (C=O) groups excluding carboxylic acids is 1. The summed E-state index contributed by atoms with van der Waals surface area (Å²) in [5, 5.41) is 12.9. The Hall–Kier alpha value is -2.18. The topological polar surface area (TPSA) is 77.1 Å². The Balaban J connectivity index is 1.32. The molecule has 0 N–H and O–H groups in total. The van der Waals surface area contributed by atoms with Gasteiger partial charge in [0, 0.05) is 44.0 Å². The highest BCUT2D eigenvalue weighted by Gasteiger charge is 2.28. The van der Waals surface area contributed by atoms with Crippen LogP contribution in [0.15, 0.2) is 4.52 Å². The van der Waals surface area contributed by atoms with E-state index in [1.165, 1.54) is 19.3 Å². The first-order valence-corrected chi connectivity index (χ1v) is 10.2. The second kappa shape index (κ2) is 7.82. The maximum Gasteiger partial charge on any atom is 0.222 e. The number of likely N-dealkylation sites (tertiary alicyclic amines) is 1. The molecule has 1 fully saturated rings. The highest BCUT2D eigenvalue weighted by molar-refractivity contribution is 5.76. The molecule has 0 aliphatic carbocycles. The van der Waals surface area contributed by atoms with Gasteiger partial charge in [0.1, 0.15) is 17.4 Å². The van der Waals surface area contributed by atoms with E-state index in [1.807, 2.05) is 18.7 Å². The van der Waals surface area contributed by atoms with E-state index in [2.05, 4.69) is 19.9 Å². The molecule has 0 saturated carbocycles. The molecule has 0 bridgehead atoms. The van der Waals surface area contributed by atoms with Crippen molar-refractivity contribution < 1.29 is 9.32 Å². The summed E-state index contributed by atoms with van der Waals surface area (Å²) in [6.45, 7) is 6.52. The number of rotatable bonds is 4. The van der Waals surface area contributed by atoms with Gasteiger partial charge < -0.3 is 14.0 Å². The van der Waals surface area contributed by atoms with Crippen molar-refractivity contribution in [3.8, 4) is 0 Å². The van der Waals surface area contributed by atoms with Gasteiger partial charge in [-0.25, -0.2) is 0 Å². The average Bonchev–Trinajstić information content (AvgIpc) is 3.13. The monoisotopic (exact) mass is 371 g/mol. The lowest BCUT2D eigenvalue weighted by molar-refractivity contribution is -0.132. The number of aromatic nitrogens is 4. The molecule has 0 spiro atoms. The molecule has 2 aromatic rings. The smallest absolute Gasteiger partial charge is 0.222 e. The van der Waals surface area contributed by atoms with Gasteiger partial charge in [-0.1, -0.05) is 11.6 Å². The molecule has 7 heteroatoms. The maximum atomic E-state index is 12.6. The van der Waals surface area contributed by atoms with Crippen molar-refractivity contribution in [1.82, 2.24) is 24.8 Å². The summed E-state index contributed by atoms with van der Waals surface area (Å²) < 4.78 is 7.55. The van der Waals surface area contributed by atoms with Gasteiger partial charge in [0.25, 0.3) is 0 Å². The van der Waals surface area contributed by atoms with Crippen LogP contribution < -0.4 is 0 Å². The number of hydrogen-bond acceptors (Lipinski definition) is 5. The third-order valence-electron chi connectivity index (χ3n) is 6.12. The molecule has 0 atom stereocenters. The molecule has 0 aromatic carbocycles. The predicted molar refractivity (Wildman–Crippen MR) is 100 cm³/mol. The fraction of sp³-hybridized carbons (Fsp3) is 0.700. The largest absolute Gasteiger partial charge is 0.361 e. The Morgan fingerprint density at radius 3 is 2.67 bits per heavy atom. The molecule has 7 nitrogen and oxygen atoms in total. The van der Waals surface area contributed by atoms with Gasteiger partial charge in [0.2, 0.25) is 5.91 Å². The minimum absolute atomic E-state index is 0.230. The van der Waals surface area contributed by atoms with E-state index in [-0.39, 0.29) is 5.91 Å². The highest BCUT2D eigenvalue weighted by Crippen LogP contribution is 2.29. The van der Waals surface area contributed by atoms with Crippen LogP contribution in [0.5, 0.6) is 0 Å². The molecular weight excluding hydrogens is 342 g/mol. The SMILES string of the molecule is Cc1noc(C)c1CCC(=O)N1CCC(c2nnc3n2CCCCC3)CC1. The van der Waals surface area contributed by atoms with Crippen LogP contribution in [-0.4, -0.2) is 43.8 Å². The third-order valence-corrected chi connectivity index (χ3v) is 6.12. The second-order valence-electron chi connectivity index (χ2n) is 7.89. The van der Waals surface area contributed by atoms with Crippen LogP contribution in [0, 0.1) is 13.8 Å². The van der Waals surface area contributed by atoms with Gasteiger partial charge in [-0.15, -0.1) is 10.2 Å². The summed E-state index contributed by atoms with van der Waals surface area (Å²) in [4.78, 5) is 14.6. The summed E-state index contributed by atoms with van der Waals surface area (Å²) in [6, 6.07) is 0. The summed E-state index contributed by atoms with van der Waals surface area (Å²) in [6.07, 6.45) is 7.95. The zero-order valence-corrected chi connectivity index (χ0v) is 16.4. The van der Waals surface area contributed by atoms with E-state index >= 15 is 0 Å². The first-order valence-electron chi connectivity index (χ1n) is 10.2. The number of amides is 1. The molecule has 4 rings (SSSR count). The van der Waals surface area contributed by atoms with Gasteiger partial charge in [-0.05, 0) is 46.0 Å². The van der Waals surface area contributed by atoms with Crippen LogP contribution in [0.2, 0.25) is 0 Å². The Kier molecular flexibility index (Phi) is 5.27. The molecule has 1 saturated heterocycles. The van der Waals surface area contributed by atoms with Crippen molar-refractivity contribution in [2.45, 2.75) is 77.7 Å². The maximum absolute atomic E-state index is 12.6. The molecule has 4 heterocycles. The van der Waals surface area contributed by atoms with E-state index in [4.69, 9.17) is 4.52 Å². The van der Waals surface area contributed by atoms with Crippen molar-refractivity contribution in [2.24, 2.45) is 0 Å². The molecule has 2 aromatic heterocycles. The summed E-state index contributed by atoms with van der Waals surface area (Å²) in [7, 11) is 0. The number of hydrogen-bond donors (Lipinski definition) is 0. The molecule has 146 valence electrons. The van der Waals surface area contributed by atoms with Crippen molar-refractivity contribution in [1.29, 1.82) is 0 Å². The van der Waals surface area contributed by atoms with E-state index < -0.39 is 0 Å². The fourth-order valence-corrected chi connectivity index (χ4v) is 4.45.